The molecule has 0 saturated carbocycles. The first-order valence-corrected chi connectivity index (χ1v) is 8.50. The van der Waals surface area contributed by atoms with Gasteiger partial charge in [0.15, 0.2) is 11.5 Å². The number of aromatic nitrogens is 4. The number of hydrogen-bond donors (Lipinski definition) is 1. The van der Waals surface area contributed by atoms with Crippen LogP contribution in [0, 0.1) is 0 Å². The molecular formula is C16H24N6O2. The molecular weight excluding hydrogens is 308 g/mol. The lowest BCUT2D eigenvalue weighted by Gasteiger charge is -2.27. The number of carbonyl (C=O) groups excluding carboxylic acids is 1. The predicted octanol–water partition coefficient (Wildman–Crippen LogP) is 0.808. The van der Waals surface area contributed by atoms with Crippen molar-refractivity contribution in [2.75, 3.05) is 31.2 Å². The molecule has 1 N–H and O–H groups in total. The number of hydrogen-bond acceptors (Lipinski definition) is 6. The van der Waals surface area contributed by atoms with Gasteiger partial charge >= 0.3 is 0 Å². The number of nitrogens with zero attached hydrogens (tertiary/aromatic N) is 5. The van der Waals surface area contributed by atoms with E-state index in [-0.39, 0.29) is 11.9 Å². The third-order valence-corrected chi connectivity index (χ3v) is 4.24. The van der Waals surface area contributed by atoms with Crippen molar-refractivity contribution < 1.29 is 9.53 Å². The predicted molar refractivity (Wildman–Crippen MR) is 90.0 cm³/mol. The highest BCUT2D eigenvalue weighted by molar-refractivity contribution is 5.76. The molecule has 3 heterocycles. The molecule has 1 saturated heterocycles. The van der Waals surface area contributed by atoms with Crippen molar-refractivity contribution in [1.29, 1.82) is 0 Å². The van der Waals surface area contributed by atoms with Crippen LogP contribution in [0.3, 0.4) is 0 Å². The summed E-state index contributed by atoms with van der Waals surface area (Å²) in [6.45, 7) is 7.13. The van der Waals surface area contributed by atoms with Crippen molar-refractivity contribution in [2.45, 2.75) is 39.2 Å². The number of ether oxygens (including phenoxy) is 1. The summed E-state index contributed by atoms with van der Waals surface area (Å²) < 4.78 is 7.12. The van der Waals surface area contributed by atoms with Crippen LogP contribution in [-0.2, 0) is 16.0 Å². The maximum Gasteiger partial charge on any atom is 0.220 e. The molecule has 1 aliphatic heterocycles. The molecule has 2 aromatic rings. The summed E-state index contributed by atoms with van der Waals surface area (Å²) in [7, 11) is 0. The fourth-order valence-electron chi connectivity index (χ4n) is 2.62. The van der Waals surface area contributed by atoms with Gasteiger partial charge in [-0.2, -0.15) is 4.52 Å². The summed E-state index contributed by atoms with van der Waals surface area (Å²) in [5.74, 6) is 1.63. The minimum Gasteiger partial charge on any atom is -0.378 e. The fraction of sp³-hybridized carbons (Fsp3) is 0.625. The van der Waals surface area contributed by atoms with E-state index in [0.717, 1.165) is 25.3 Å². The van der Waals surface area contributed by atoms with Crippen LogP contribution >= 0.6 is 0 Å². The van der Waals surface area contributed by atoms with Gasteiger partial charge in [-0.15, -0.1) is 15.3 Å². The number of rotatable bonds is 6. The van der Waals surface area contributed by atoms with Crippen LogP contribution in [-0.4, -0.2) is 58.1 Å². The molecule has 0 aliphatic carbocycles. The highest BCUT2D eigenvalue weighted by Crippen LogP contribution is 2.14. The normalized spacial score (nSPS) is 16.3. The molecule has 0 unspecified atom stereocenters. The Labute approximate surface area is 141 Å². The van der Waals surface area contributed by atoms with Crippen LogP contribution in [0.5, 0.6) is 0 Å². The average molecular weight is 332 g/mol. The number of nitrogens with one attached hydrogen (secondary N) is 1. The third-order valence-electron chi connectivity index (χ3n) is 4.24. The molecule has 1 atom stereocenters. The molecule has 130 valence electrons. The fourth-order valence-corrected chi connectivity index (χ4v) is 2.62. The van der Waals surface area contributed by atoms with Crippen LogP contribution in [0.1, 0.15) is 32.5 Å². The Morgan fingerprint density at radius 2 is 2.12 bits per heavy atom. The van der Waals surface area contributed by atoms with Crippen molar-refractivity contribution in [3.63, 3.8) is 0 Å². The Morgan fingerprint density at radius 1 is 1.33 bits per heavy atom. The van der Waals surface area contributed by atoms with Gasteiger partial charge in [0.2, 0.25) is 5.91 Å². The minimum absolute atomic E-state index is 0.0328. The average Bonchev–Trinajstić information content (AvgIpc) is 3.03. The number of carbonyl (C=O) groups is 1. The van der Waals surface area contributed by atoms with E-state index >= 15 is 0 Å². The summed E-state index contributed by atoms with van der Waals surface area (Å²) in [6, 6.07) is 4.06. The van der Waals surface area contributed by atoms with Gasteiger partial charge in [0.25, 0.3) is 0 Å². The van der Waals surface area contributed by atoms with E-state index in [9.17, 15) is 4.79 Å². The molecule has 0 spiro atoms. The molecule has 0 bridgehead atoms. The number of anilines is 1. The summed E-state index contributed by atoms with van der Waals surface area (Å²) in [6.07, 6.45) is 1.82. The molecule has 0 aromatic carbocycles. The largest absolute Gasteiger partial charge is 0.378 e. The topological polar surface area (TPSA) is 84.7 Å². The van der Waals surface area contributed by atoms with E-state index in [1.54, 1.807) is 4.52 Å². The van der Waals surface area contributed by atoms with Crippen LogP contribution in [0.4, 0.5) is 5.82 Å². The molecule has 3 rings (SSSR count). The Kier molecular flexibility index (Phi) is 5.24. The molecule has 8 heteroatoms. The zero-order chi connectivity index (χ0) is 16.9. The van der Waals surface area contributed by atoms with Gasteiger partial charge in [0, 0.05) is 32.0 Å². The van der Waals surface area contributed by atoms with Crippen LogP contribution in [0.25, 0.3) is 5.65 Å². The quantitative estimate of drug-likeness (QED) is 0.843. The SMILES string of the molecule is CC[C@@H](C)NC(=O)CCc1nnc2ccc(N3CCOCC3)nn12. The molecule has 24 heavy (non-hydrogen) atoms. The van der Waals surface area contributed by atoms with E-state index in [1.807, 2.05) is 26.0 Å². The van der Waals surface area contributed by atoms with Gasteiger partial charge in [-0.3, -0.25) is 4.79 Å². The lowest BCUT2D eigenvalue weighted by atomic mass is 10.2. The molecule has 1 aliphatic rings. The number of amides is 1. The summed E-state index contributed by atoms with van der Waals surface area (Å²) >= 11 is 0. The van der Waals surface area contributed by atoms with Gasteiger partial charge in [-0.25, -0.2) is 0 Å². The summed E-state index contributed by atoms with van der Waals surface area (Å²) in [4.78, 5) is 14.1. The summed E-state index contributed by atoms with van der Waals surface area (Å²) in [5, 5.41) is 15.9. The lowest BCUT2D eigenvalue weighted by Crippen LogP contribution is -2.37. The maximum absolute atomic E-state index is 11.9. The number of fused-ring (bicyclic) bond motifs is 1. The Balaban J connectivity index is 1.70. The van der Waals surface area contributed by atoms with Crippen molar-refractivity contribution in [1.82, 2.24) is 25.1 Å². The first-order valence-electron chi connectivity index (χ1n) is 8.50. The maximum atomic E-state index is 11.9. The van der Waals surface area contributed by atoms with E-state index in [4.69, 9.17) is 4.74 Å². The first kappa shape index (κ1) is 16.6. The molecule has 0 radical (unpaired) electrons. The minimum atomic E-state index is 0.0328. The molecule has 2 aromatic heterocycles. The molecule has 1 fully saturated rings. The van der Waals surface area contributed by atoms with Crippen molar-refractivity contribution in [3.8, 4) is 0 Å². The van der Waals surface area contributed by atoms with Gasteiger partial charge < -0.3 is 15.0 Å². The Bertz CT molecular complexity index is 695. The van der Waals surface area contributed by atoms with E-state index < -0.39 is 0 Å². The summed E-state index contributed by atoms with van der Waals surface area (Å²) in [5.41, 5.74) is 0.698. The van der Waals surface area contributed by atoms with Crippen LogP contribution in [0.15, 0.2) is 12.1 Å². The van der Waals surface area contributed by atoms with Crippen molar-refractivity contribution in [3.05, 3.63) is 18.0 Å². The highest BCUT2D eigenvalue weighted by atomic mass is 16.5. The molecule has 8 nitrogen and oxygen atoms in total. The van der Waals surface area contributed by atoms with E-state index in [2.05, 4.69) is 25.5 Å². The monoisotopic (exact) mass is 332 g/mol. The van der Waals surface area contributed by atoms with Crippen molar-refractivity contribution in [2.24, 2.45) is 0 Å². The van der Waals surface area contributed by atoms with Gasteiger partial charge in [0.1, 0.15) is 5.82 Å². The second kappa shape index (κ2) is 7.57. The Hall–Kier alpha value is -2.22. The van der Waals surface area contributed by atoms with Crippen molar-refractivity contribution >= 4 is 17.4 Å². The smallest absolute Gasteiger partial charge is 0.220 e. The zero-order valence-corrected chi connectivity index (χ0v) is 14.2. The second-order valence-electron chi connectivity index (χ2n) is 6.05. The van der Waals surface area contributed by atoms with Gasteiger partial charge in [0.05, 0.1) is 13.2 Å². The van der Waals surface area contributed by atoms with Gasteiger partial charge in [-0.05, 0) is 25.5 Å². The standard InChI is InChI=1S/C16H24N6O2/c1-3-12(2)17-16(23)7-6-14-19-18-13-4-5-15(20-22(13)14)21-8-10-24-11-9-21/h4-5,12H,3,6-11H2,1-2H3,(H,17,23)/t12-/m1/s1. The van der Waals surface area contributed by atoms with Crippen LogP contribution < -0.4 is 10.2 Å². The third kappa shape index (κ3) is 3.81. The Morgan fingerprint density at radius 3 is 2.88 bits per heavy atom. The number of morpholine rings is 1. The molecule has 1 amide bonds. The van der Waals surface area contributed by atoms with E-state index in [0.29, 0.717) is 37.5 Å². The highest BCUT2D eigenvalue weighted by Gasteiger charge is 2.15. The zero-order valence-electron chi connectivity index (χ0n) is 14.2. The number of aryl methyl sites for hydroxylation is 1. The second-order valence-corrected chi connectivity index (χ2v) is 6.05. The lowest BCUT2D eigenvalue weighted by molar-refractivity contribution is -0.121. The van der Waals surface area contributed by atoms with Crippen LogP contribution in [0.2, 0.25) is 0 Å². The first-order chi connectivity index (χ1) is 11.7. The van der Waals surface area contributed by atoms with E-state index in [1.165, 1.54) is 0 Å². The van der Waals surface area contributed by atoms with Gasteiger partial charge in [-0.1, -0.05) is 6.92 Å².